The second-order valence-electron chi connectivity index (χ2n) is 6.67. The number of para-hydroxylation sites is 1. The van der Waals surface area contributed by atoms with Gasteiger partial charge in [0.25, 0.3) is 0 Å². The van der Waals surface area contributed by atoms with Gasteiger partial charge in [0.05, 0.1) is 18.0 Å². The number of anilines is 2. The second kappa shape index (κ2) is 5.17. The van der Waals surface area contributed by atoms with Crippen molar-refractivity contribution in [2.45, 2.75) is 13.8 Å². The summed E-state index contributed by atoms with van der Waals surface area (Å²) in [4.78, 5) is 4.76. The summed E-state index contributed by atoms with van der Waals surface area (Å²) in [6.07, 6.45) is 0. The molecule has 0 atom stereocenters. The second-order valence-corrected chi connectivity index (χ2v) is 6.67. The Morgan fingerprint density at radius 1 is 1.15 bits per heavy atom. The average molecular weight is 275 g/mol. The van der Waals surface area contributed by atoms with Gasteiger partial charge in [-0.1, -0.05) is 19.9 Å². The number of benzene rings is 1. The molecule has 1 saturated heterocycles. The van der Waals surface area contributed by atoms with Crippen LogP contribution in [0.25, 0.3) is 0 Å². The van der Waals surface area contributed by atoms with E-state index < -0.39 is 0 Å². The third-order valence-electron chi connectivity index (χ3n) is 4.11. The number of piperazine rings is 1. The number of nitrogens with one attached hydrogen (secondary N) is 1. The van der Waals surface area contributed by atoms with Crippen LogP contribution >= 0.6 is 0 Å². The highest BCUT2D eigenvalue weighted by molar-refractivity contribution is 5.73. The first-order valence-corrected chi connectivity index (χ1v) is 7.49. The number of hydrogen-bond acceptors (Lipinski definition) is 4. The smallest absolute Gasteiger partial charge is 0.165 e. The van der Waals surface area contributed by atoms with E-state index in [0.29, 0.717) is 0 Å². The van der Waals surface area contributed by atoms with Gasteiger partial charge in [0, 0.05) is 45.2 Å². The lowest BCUT2D eigenvalue weighted by molar-refractivity contribution is 0.196. The Bertz CT molecular complexity index is 481. The first kappa shape index (κ1) is 13.6. The number of rotatable bonds is 1. The van der Waals surface area contributed by atoms with Crippen LogP contribution in [0.15, 0.2) is 18.2 Å². The van der Waals surface area contributed by atoms with Gasteiger partial charge in [0.15, 0.2) is 5.75 Å². The third-order valence-corrected chi connectivity index (χ3v) is 4.11. The molecule has 4 heteroatoms. The van der Waals surface area contributed by atoms with Crippen LogP contribution in [0, 0.1) is 5.41 Å². The van der Waals surface area contributed by atoms with Crippen LogP contribution in [-0.2, 0) is 0 Å². The van der Waals surface area contributed by atoms with Crippen molar-refractivity contribution in [3.8, 4) is 5.75 Å². The fraction of sp³-hybridized carbons (Fsp3) is 0.625. The summed E-state index contributed by atoms with van der Waals surface area (Å²) < 4.78 is 6.21. The fourth-order valence-electron chi connectivity index (χ4n) is 3.16. The average Bonchev–Trinajstić information content (AvgIpc) is 2.56. The largest absolute Gasteiger partial charge is 0.489 e. The SMILES string of the molecule is CN1CC(C)(C)COc2c1cccc2N1CCNCC1. The molecule has 20 heavy (non-hydrogen) atoms. The van der Waals surface area contributed by atoms with E-state index in [9.17, 15) is 0 Å². The van der Waals surface area contributed by atoms with E-state index in [-0.39, 0.29) is 5.41 Å². The number of ether oxygens (including phenoxy) is 1. The number of nitrogens with zero attached hydrogens (tertiary/aromatic N) is 2. The van der Waals surface area contributed by atoms with Crippen molar-refractivity contribution >= 4 is 11.4 Å². The minimum atomic E-state index is 0.175. The van der Waals surface area contributed by atoms with Crippen molar-refractivity contribution in [1.82, 2.24) is 5.32 Å². The van der Waals surface area contributed by atoms with Crippen molar-refractivity contribution in [2.75, 3.05) is 56.2 Å². The highest BCUT2D eigenvalue weighted by atomic mass is 16.5. The molecule has 2 aliphatic heterocycles. The van der Waals surface area contributed by atoms with E-state index in [2.05, 4.69) is 54.2 Å². The highest BCUT2D eigenvalue weighted by Gasteiger charge is 2.29. The number of fused-ring (bicyclic) bond motifs is 1. The maximum absolute atomic E-state index is 6.21. The Hall–Kier alpha value is -1.42. The third kappa shape index (κ3) is 2.57. The summed E-state index contributed by atoms with van der Waals surface area (Å²) in [7, 11) is 2.16. The summed E-state index contributed by atoms with van der Waals surface area (Å²) in [5, 5.41) is 3.41. The maximum atomic E-state index is 6.21. The molecular weight excluding hydrogens is 250 g/mol. The molecule has 1 aromatic rings. The van der Waals surface area contributed by atoms with Crippen LogP contribution in [0.3, 0.4) is 0 Å². The lowest BCUT2D eigenvalue weighted by Crippen LogP contribution is -2.43. The van der Waals surface area contributed by atoms with Gasteiger partial charge in [-0.2, -0.15) is 0 Å². The molecule has 0 aliphatic carbocycles. The van der Waals surface area contributed by atoms with Crippen molar-refractivity contribution in [3.05, 3.63) is 18.2 Å². The molecule has 2 aliphatic rings. The molecule has 3 rings (SSSR count). The van der Waals surface area contributed by atoms with E-state index in [1.54, 1.807) is 0 Å². The molecule has 0 amide bonds. The first-order valence-electron chi connectivity index (χ1n) is 7.49. The van der Waals surface area contributed by atoms with E-state index in [1.165, 1.54) is 11.4 Å². The standard InChI is InChI=1S/C16H25N3O/c1-16(2)11-18(3)13-5-4-6-14(15(13)20-12-16)19-9-7-17-8-10-19/h4-6,17H,7-12H2,1-3H3. The Morgan fingerprint density at radius 2 is 1.85 bits per heavy atom. The van der Waals surface area contributed by atoms with Crippen molar-refractivity contribution < 1.29 is 4.74 Å². The van der Waals surface area contributed by atoms with Crippen LogP contribution in [0.2, 0.25) is 0 Å². The lowest BCUT2D eigenvalue weighted by atomic mass is 9.94. The van der Waals surface area contributed by atoms with Crippen molar-refractivity contribution in [2.24, 2.45) is 5.41 Å². The summed E-state index contributed by atoms with van der Waals surface area (Å²) in [6, 6.07) is 6.51. The molecule has 1 N–H and O–H groups in total. The molecule has 2 heterocycles. The monoisotopic (exact) mass is 275 g/mol. The Morgan fingerprint density at radius 3 is 2.60 bits per heavy atom. The molecule has 0 bridgehead atoms. The molecule has 0 saturated carbocycles. The fourth-order valence-corrected chi connectivity index (χ4v) is 3.16. The molecule has 4 nitrogen and oxygen atoms in total. The Kier molecular flexibility index (Phi) is 3.50. The zero-order valence-corrected chi connectivity index (χ0v) is 12.8. The van der Waals surface area contributed by atoms with Crippen LogP contribution in [0.4, 0.5) is 11.4 Å². The molecule has 0 unspecified atom stereocenters. The van der Waals surface area contributed by atoms with Gasteiger partial charge in [-0.15, -0.1) is 0 Å². The quantitative estimate of drug-likeness (QED) is 0.848. The van der Waals surface area contributed by atoms with Gasteiger partial charge in [0.2, 0.25) is 0 Å². The van der Waals surface area contributed by atoms with E-state index >= 15 is 0 Å². The van der Waals surface area contributed by atoms with Gasteiger partial charge in [-0.05, 0) is 12.1 Å². The predicted molar refractivity (Wildman–Crippen MR) is 84.1 cm³/mol. The minimum absolute atomic E-state index is 0.175. The van der Waals surface area contributed by atoms with Crippen LogP contribution < -0.4 is 19.9 Å². The van der Waals surface area contributed by atoms with Gasteiger partial charge < -0.3 is 19.9 Å². The van der Waals surface area contributed by atoms with E-state index in [1.807, 2.05) is 0 Å². The molecule has 1 aromatic carbocycles. The minimum Gasteiger partial charge on any atom is -0.489 e. The number of hydrogen-bond donors (Lipinski definition) is 1. The molecule has 0 radical (unpaired) electrons. The summed E-state index contributed by atoms with van der Waals surface area (Å²) in [5.74, 6) is 1.06. The van der Waals surface area contributed by atoms with Crippen molar-refractivity contribution in [1.29, 1.82) is 0 Å². The normalized spacial score (nSPS) is 21.9. The molecule has 0 spiro atoms. The zero-order chi connectivity index (χ0) is 14.2. The molecule has 110 valence electrons. The lowest BCUT2D eigenvalue weighted by Gasteiger charge is -2.31. The highest BCUT2D eigenvalue weighted by Crippen LogP contribution is 2.41. The van der Waals surface area contributed by atoms with Crippen molar-refractivity contribution in [3.63, 3.8) is 0 Å². The van der Waals surface area contributed by atoms with Crippen LogP contribution in [0.5, 0.6) is 5.75 Å². The molecule has 0 aromatic heterocycles. The maximum Gasteiger partial charge on any atom is 0.165 e. The first-order chi connectivity index (χ1) is 9.57. The summed E-state index contributed by atoms with van der Waals surface area (Å²) >= 11 is 0. The van der Waals surface area contributed by atoms with E-state index in [0.717, 1.165) is 45.1 Å². The predicted octanol–water partition coefficient (Wildman–Crippen LogP) is 1.95. The van der Waals surface area contributed by atoms with E-state index in [4.69, 9.17) is 4.74 Å². The van der Waals surface area contributed by atoms with Crippen LogP contribution in [-0.4, -0.2) is 46.4 Å². The topological polar surface area (TPSA) is 27.7 Å². The van der Waals surface area contributed by atoms with Gasteiger partial charge in [-0.3, -0.25) is 0 Å². The Balaban J connectivity index is 1.96. The van der Waals surface area contributed by atoms with Crippen LogP contribution in [0.1, 0.15) is 13.8 Å². The summed E-state index contributed by atoms with van der Waals surface area (Å²) in [6.45, 7) is 10.5. The molecule has 1 fully saturated rings. The molecular formula is C16H25N3O. The Labute approximate surface area is 121 Å². The summed E-state index contributed by atoms with van der Waals surface area (Å²) in [5.41, 5.74) is 2.63. The van der Waals surface area contributed by atoms with Gasteiger partial charge in [-0.25, -0.2) is 0 Å². The van der Waals surface area contributed by atoms with Gasteiger partial charge in [0.1, 0.15) is 0 Å². The van der Waals surface area contributed by atoms with Gasteiger partial charge >= 0.3 is 0 Å². The zero-order valence-electron chi connectivity index (χ0n) is 12.8.